The molecule has 0 heterocycles. The summed E-state index contributed by atoms with van der Waals surface area (Å²) in [4.78, 5) is 12.0. The van der Waals surface area contributed by atoms with E-state index >= 15 is 0 Å². The lowest BCUT2D eigenvalue weighted by molar-refractivity contribution is 0.102. The zero-order valence-electron chi connectivity index (χ0n) is 8.78. The monoisotopic (exact) mass is 357 g/mol. The molecule has 0 fully saturated rings. The molecule has 2 aromatic carbocycles. The van der Waals surface area contributed by atoms with Crippen molar-refractivity contribution >= 4 is 45.8 Å². The van der Waals surface area contributed by atoms with Crippen LogP contribution in [-0.2, 0) is 0 Å². The molecule has 0 atom stereocenters. The summed E-state index contributed by atoms with van der Waals surface area (Å²) in [6.07, 6.45) is 0. The largest absolute Gasteiger partial charge is 0.322 e. The second-order valence-corrected chi connectivity index (χ2v) is 5.04. The Balaban J connectivity index is 2.21. The number of amides is 1. The third-order valence-corrected chi connectivity index (χ3v) is 3.34. The molecule has 0 unspecified atom stereocenters. The highest BCUT2D eigenvalue weighted by atomic mass is 127. The van der Waals surface area contributed by atoms with Gasteiger partial charge >= 0.3 is 0 Å². The molecule has 0 radical (unpaired) electrons. The number of halogens is 2. The van der Waals surface area contributed by atoms with Crippen LogP contribution in [0.5, 0.6) is 0 Å². The van der Waals surface area contributed by atoms with Crippen molar-refractivity contribution in [3.8, 4) is 0 Å². The van der Waals surface area contributed by atoms with Crippen molar-refractivity contribution in [2.75, 3.05) is 5.32 Å². The SMILES string of the molecule is O=C(Nc1ccccc1)c1ccc(Cl)cc1I. The maximum absolute atomic E-state index is 12.0. The van der Waals surface area contributed by atoms with Crippen LogP contribution in [0, 0.1) is 3.57 Å². The van der Waals surface area contributed by atoms with Gasteiger partial charge in [-0.2, -0.15) is 0 Å². The Labute approximate surface area is 118 Å². The molecule has 2 aromatic rings. The minimum atomic E-state index is -0.128. The predicted molar refractivity (Wildman–Crippen MR) is 78.6 cm³/mol. The van der Waals surface area contributed by atoms with E-state index in [1.807, 2.05) is 30.3 Å². The summed E-state index contributed by atoms with van der Waals surface area (Å²) < 4.78 is 0.837. The molecule has 86 valence electrons. The van der Waals surface area contributed by atoms with Crippen LogP contribution in [0.25, 0.3) is 0 Å². The van der Waals surface area contributed by atoms with E-state index in [4.69, 9.17) is 11.6 Å². The molecule has 1 amide bonds. The number of nitrogens with one attached hydrogen (secondary N) is 1. The van der Waals surface area contributed by atoms with Gasteiger partial charge < -0.3 is 5.32 Å². The van der Waals surface area contributed by atoms with Crippen molar-refractivity contribution in [2.45, 2.75) is 0 Å². The van der Waals surface area contributed by atoms with E-state index in [9.17, 15) is 4.79 Å². The van der Waals surface area contributed by atoms with E-state index in [-0.39, 0.29) is 5.91 Å². The van der Waals surface area contributed by atoms with Crippen LogP contribution in [0.15, 0.2) is 48.5 Å². The first kappa shape index (κ1) is 12.4. The number of carbonyl (C=O) groups excluding carboxylic acids is 1. The third kappa shape index (κ3) is 3.20. The van der Waals surface area contributed by atoms with Crippen molar-refractivity contribution in [1.29, 1.82) is 0 Å². The van der Waals surface area contributed by atoms with Gasteiger partial charge in [0, 0.05) is 14.3 Å². The standard InChI is InChI=1S/C13H9ClINO/c14-9-6-7-11(12(15)8-9)13(17)16-10-4-2-1-3-5-10/h1-8H,(H,16,17). The second-order valence-electron chi connectivity index (χ2n) is 3.44. The summed E-state index contributed by atoms with van der Waals surface area (Å²) >= 11 is 7.94. The van der Waals surface area contributed by atoms with Crippen LogP contribution in [0.4, 0.5) is 5.69 Å². The van der Waals surface area contributed by atoms with Crippen LogP contribution in [0.1, 0.15) is 10.4 Å². The van der Waals surface area contributed by atoms with Crippen molar-refractivity contribution in [2.24, 2.45) is 0 Å². The first-order valence-electron chi connectivity index (χ1n) is 4.98. The number of carbonyl (C=O) groups is 1. The maximum atomic E-state index is 12.0. The van der Waals surface area contributed by atoms with E-state index in [0.29, 0.717) is 10.6 Å². The molecule has 0 saturated heterocycles. The summed E-state index contributed by atoms with van der Waals surface area (Å²) in [5, 5.41) is 3.46. The van der Waals surface area contributed by atoms with E-state index in [1.54, 1.807) is 18.2 Å². The Kier molecular flexibility index (Phi) is 4.02. The van der Waals surface area contributed by atoms with Crippen molar-refractivity contribution < 1.29 is 4.79 Å². The number of rotatable bonds is 2. The Bertz CT molecular complexity index is 542. The van der Waals surface area contributed by atoms with E-state index in [1.165, 1.54) is 0 Å². The van der Waals surface area contributed by atoms with Gasteiger partial charge in [-0.25, -0.2) is 0 Å². The quantitative estimate of drug-likeness (QED) is 0.802. The first-order valence-corrected chi connectivity index (χ1v) is 6.44. The fourth-order valence-corrected chi connectivity index (χ4v) is 2.51. The molecule has 0 saturated carbocycles. The zero-order valence-corrected chi connectivity index (χ0v) is 11.7. The molecule has 0 bridgehead atoms. The van der Waals surface area contributed by atoms with Crippen molar-refractivity contribution in [3.05, 3.63) is 62.7 Å². The average Bonchev–Trinajstić information content (AvgIpc) is 2.30. The highest BCUT2D eigenvalue weighted by Crippen LogP contribution is 2.19. The molecule has 1 N–H and O–H groups in total. The molecular weight excluding hydrogens is 349 g/mol. The molecule has 0 aliphatic heterocycles. The molecule has 0 spiro atoms. The second kappa shape index (κ2) is 5.51. The van der Waals surface area contributed by atoms with Crippen LogP contribution in [0.2, 0.25) is 5.02 Å². The van der Waals surface area contributed by atoms with Crippen LogP contribution >= 0.6 is 34.2 Å². The number of para-hydroxylation sites is 1. The highest BCUT2D eigenvalue weighted by Gasteiger charge is 2.10. The minimum absolute atomic E-state index is 0.128. The van der Waals surface area contributed by atoms with E-state index < -0.39 is 0 Å². The van der Waals surface area contributed by atoms with Gasteiger partial charge in [0.05, 0.1) is 5.56 Å². The molecule has 0 aromatic heterocycles. The van der Waals surface area contributed by atoms with Gasteiger partial charge in [0.25, 0.3) is 5.91 Å². The van der Waals surface area contributed by atoms with Gasteiger partial charge in [0.2, 0.25) is 0 Å². The Hall–Kier alpha value is -1.07. The van der Waals surface area contributed by atoms with E-state index in [0.717, 1.165) is 9.26 Å². The number of hydrogen-bond acceptors (Lipinski definition) is 1. The summed E-state index contributed by atoms with van der Waals surface area (Å²) in [5.41, 5.74) is 1.40. The lowest BCUT2D eigenvalue weighted by Gasteiger charge is -2.06. The normalized spacial score (nSPS) is 10.0. The first-order chi connectivity index (χ1) is 8.16. The Morgan fingerprint density at radius 1 is 1.12 bits per heavy atom. The minimum Gasteiger partial charge on any atom is -0.322 e. The van der Waals surface area contributed by atoms with Crippen LogP contribution < -0.4 is 5.32 Å². The lowest BCUT2D eigenvalue weighted by Crippen LogP contribution is -2.13. The molecule has 2 rings (SSSR count). The van der Waals surface area contributed by atoms with Crippen molar-refractivity contribution in [1.82, 2.24) is 0 Å². The van der Waals surface area contributed by atoms with E-state index in [2.05, 4.69) is 27.9 Å². The average molecular weight is 358 g/mol. The van der Waals surface area contributed by atoms with Gasteiger partial charge in [-0.1, -0.05) is 29.8 Å². The zero-order chi connectivity index (χ0) is 12.3. The Morgan fingerprint density at radius 3 is 2.47 bits per heavy atom. The summed E-state index contributed by atoms with van der Waals surface area (Å²) in [6.45, 7) is 0. The topological polar surface area (TPSA) is 29.1 Å². The molecular formula is C13H9ClINO. The number of anilines is 1. The highest BCUT2D eigenvalue weighted by molar-refractivity contribution is 14.1. The van der Waals surface area contributed by atoms with Gasteiger partial charge in [-0.15, -0.1) is 0 Å². The van der Waals surface area contributed by atoms with Gasteiger partial charge in [-0.05, 0) is 52.9 Å². The van der Waals surface area contributed by atoms with Crippen LogP contribution in [-0.4, -0.2) is 5.91 Å². The molecule has 0 aliphatic carbocycles. The lowest BCUT2D eigenvalue weighted by atomic mass is 10.2. The molecule has 2 nitrogen and oxygen atoms in total. The predicted octanol–water partition coefficient (Wildman–Crippen LogP) is 4.20. The number of benzene rings is 2. The van der Waals surface area contributed by atoms with Gasteiger partial charge in [-0.3, -0.25) is 4.79 Å². The molecule has 0 aliphatic rings. The van der Waals surface area contributed by atoms with Crippen molar-refractivity contribution in [3.63, 3.8) is 0 Å². The number of hydrogen-bond donors (Lipinski definition) is 1. The fourth-order valence-electron chi connectivity index (χ4n) is 1.39. The summed E-state index contributed by atoms with van der Waals surface area (Å²) in [6, 6.07) is 14.6. The summed E-state index contributed by atoms with van der Waals surface area (Å²) in [5.74, 6) is -0.128. The Morgan fingerprint density at radius 2 is 1.82 bits per heavy atom. The fraction of sp³-hybridized carbons (Fsp3) is 0. The van der Waals surface area contributed by atoms with Crippen LogP contribution in [0.3, 0.4) is 0 Å². The molecule has 17 heavy (non-hydrogen) atoms. The maximum Gasteiger partial charge on any atom is 0.256 e. The van der Waals surface area contributed by atoms with Gasteiger partial charge in [0.1, 0.15) is 0 Å². The van der Waals surface area contributed by atoms with Gasteiger partial charge in [0.15, 0.2) is 0 Å². The molecule has 4 heteroatoms. The third-order valence-electron chi connectivity index (χ3n) is 2.21. The summed E-state index contributed by atoms with van der Waals surface area (Å²) in [7, 11) is 0. The smallest absolute Gasteiger partial charge is 0.256 e.